The summed E-state index contributed by atoms with van der Waals surface area (Å²) in [6.07, 6.45) is 1.39. The van der Waals surface area contributed by atoms with E-state index in [2.05, 4.69) is 10.5 Å². The molecule has 1 amide bonds. The molecule has 5 heteroatoms. The molecule has 0 heterocycles. The topological polar surface area (TPSA) is 70.9 Å². The lowest BCUT2D eigenvalue weighted by Gasteiger charge is -2.05. The van der Waals surface area contributed by atoms with Crippen molar-refractivity contribution in [2.24, 2.45) is 5.10 Å². The first-order valence-electron chi connectivity index (χ1n) is 6.85. The first-order chi connectivity index (χ1) is 10.5. The second-order valence-electron chi connectivity index (χ2n) is 4.96. The van der Waals surface area contributed by atoms with Gasteiger partial charge in [-0.15, -0.1) is 0 Å². The SMILES string of the molecule is Cc1ccc(OCC(=O)N/N=C\c2ccc(C)cc2O)cc1. The number of phenolic OH excluding ortho intramolecular Hbond substituents is 1. The highest BCUT2D eigenvalue weighted by atomic mass is 16.5. The van der Waals surface area contributed by atoms with Crippen LogP contribution in [0, 0.1) is 13.8 Å². The summed E-state index contributed by atoms with van der Waals surface area (Å²) in [5, 5.41) is 13.5. The molecule has 0 saturated carbocycles. The lowest BCUT2D eigenvalue weighted by molar-refractivity contribution is -0.123. The van der Waals surface area contributed by atoms with Gasteiger partial charge in [-0.05, 0) is 43.7 Å². The Morgan fingerprint density at radius 1 is 1.18 bits per heavy atom. The first-order valence-corrected chi connectivity index (χ1v) is 6.85. The number of hydrogen-bond donors (Lipinski definition) is 2. The van der Waals surface area contributed by atoms with Crippen molar-refractivity contribution in [3.05, 3.63) is 59.2 Å². The molecule has 22 heavy (non-hydrogen) atoms. The lowest BCUT2D eigenvalue weighted by atomic mass is 10.1. The maximum absolute atomic E-state index is 11.6. The number of amides is 1. The summed E-state index contributed by atoms with van der Waals surface area (Å²) >= 11 is 0. The Morgan fingerprint density at radius 2 is 1.86 bits per heavy atom. The van der Waals surface area contributed by atoms with Crippen LogP contribution in [0.5, 0.6) is 11.5 Å². The van der Waals surface area contributed by atoms with Crippen molar-refractivity contribution in [1.29, 1.82) is 0 Å². The summed E-state index contributed by atoms with van der Waals surface area (Å²) in [6, 6.07) is 12.6. The molecular formula is C17H18N2O3. The van der Waals surface area contributed by atoms with Gasteiger partial charge in [0.1, 0.15) is 11.5 Å². The fourth-order valence-corrected chi connectivity index (χ4v) is 1.75. The van der Waals surface area contributed by atoms with Crippen molar-refractivity contribution in [3.63, 3.8) is 0 Å². The second-order valence-corrected chi connectivity index (χ2v) is 4.96. The van der Waals surface area contributed by atoms with Crippen LogP contribution in [0.4, 0.5) is 0 Å². The van der Waals surface area contributed by atoms with Crippen LogP contribution in [0.3, 0.4) is 0 Å². The zero-order chi connectivity index (χ0) is 15.9. The van der Waals surface area contributed by atoms with Crippen molar-refractivity contribution in [3.8, 4) is 11.5 Å². The van der Waals surface area contributed by atoms with E-state index >= 15 is 0 Å². The number of carbonyl (C=O) groups is 1. The van der Waals surface area contributed by atoms with Crippen LogP contribution < -0.4 is 10.2 Å². The smallest absolute Gasteiger partial charge is 0.277 e. The predicted molar refractivity (Wildman–Crippen MR) is 85.3 cm³/mol. The van der Waals surface area contributed by atoms with Gasteiger partial charge in [0.15, 0.2) is 6.61 Å². The van der Waals surface area contributed by atoms with Crippen molar-refractivity contribution in [1.82, 2.24) is 5.43 Å². The highest BCUT2D eigenvalue weighted by molar-refractivity contribution is 5.85. The lowest BCUT2D eigenvalue weighted by Crippen LogP contribution is -2.24. The van der Waals surface area contributed by atoms with Crippen LogP contribution in [0.1, 0.15) is 16.7 Å². The Hall–Kier alpha value is -2.82. The van der Waals surface area contributed by atoms with Crippen molar-refractivity contribution in [2.75, 3.05) is 6.61 Å². The molecule has 2 aromatic rings. The fourth-order valence-electron chi connectivity index (χ4n) is 1.75. The Morgan fingerprint density at radius 3 is 2.55 bits per heavy atom. The number of aromatic hydroxyl groups is 1. The molecule has 0 radical (unpaired) electrons. The minimum atomic E-state index is -0.372. The van der Waals surface area contributed by atoms with Crippen molar-refractivity contribution >= 4 is 12.1 Å². The van der Waals surface area contributed by atoms with Crippen LogP contribution >= 0.6 is 0 Å². The fraction of sp³-hybridized carbons (Fsp3) is 0.176. The van der Waals surface area contributed by atoms with Gasteiger partial charge in [0.25, 0.3) is 5.91 Å². The zero-order valence-corrected chi connectivity index (χ0v) is 12.5. The number of nitrogens with zero attached hydrogens (tertiary/aromatic N) is 1. The van der Waals surface area contributed by atoms with Crippen LogP contribution in [-0.4, -0.2) is 23.8 Å². The molecule has 2 rings (SSSR count). The van der Waals surface area contributed by atoms with Gasteiger partial charge in [-0.2, -0.15) is 5.10 Å². The van der Waals surface area contributed by atoms with Gasteiger partial charge in [0, 0.05) is 5.56 Å². The molecule has 0 saturated heterocycles. The minimum absolute atomic E-state index is 0.119. The second kappa shape index (κ2) is 7.26. The Balaban J connectivity index is 1.82. The summed E-state index contributed by atoms with van der Waals surface area (Å²) in [4.78, 5) is 11.6. The number of carbonyl (C=O) groups excluding carboxylic acids is 1. The van der Waals surface area contributed by atoms with Gasteiger partial charge >= 0.3 is 0 Å². The third-order valence-corrected chi connectivity index (χ3v) is 2.97. The Labute approximate surface area is 129 Å². The molecule has 2 N–H and O–H groups in total. The Kier molecular flexibility index (Phi) is 5.14. The maximum Gasteiger partial charge on any atom is 0.277 e. The van der Waals surface area contributed by atoms with E-state index in [9.17, 15) is 9.90 Å². The number of aryl methyl sites for hydroxylation is 2. The first kappa shape index (κ1) is 15.6. The van der Waals surface area contributed by atoms with E-state index < -0.39 is 0 Å². The van der Waals surface area contributed by atoms with Gasteiger partial charge in [0.05, 0.1) is 6.21 Å². The molecular weight excluding hydrogens is 280 g/mol. The van der Waals surface area contributed by atoms with Gasteiger partial charge in [-0.3, -0.25) is 4.79 Å². The van der Waals surface area contributed by atoms with E-state index in [0.717, 1.165) is 11.1 Å². The number of hydrazone groups is 1. The summed E-state index contributed by atoms with van der Waals surface area (Å²) < 4.78 is 5.33. The van der Waals surface area contributed by atoms with E-state index in [1.165, 1.54) is 6.21 Å². The molecule has 2 aromatic carbocycles. The molecule has 5 nitrogen and oxygen atoms in total. The van der Waals surface area contributed by atoms with Crippen LogP contribution in [0.25, 0.3) is 0 Å². The standard InChI is InChI=1S/C17H18N2O3/c1-12-4-7-15(8-5-12)22-11-17(21)19-18-10-14-6-3-13(2)9-16(14)20/h3-10,20H,11H2,1-2H3,(H,19,21)/b18-10-. The largest absolute Gasteiger partial charge is 0.507 e. The maximum atomic E-state index is 11.6. The molecule has 0 aliphatic carbocycles. The van der Waals surface area contributed by atoms with Gasteiger partial charge < -0.3 is 9.84 Å². The predicted octanol–water partition coefficient (Wildman–Crippen LogP) is 2.54. The van der Waals surface area contributed by atoms with E-state index in [-0.39, 0.29) is 18.3 Å². The highest BCUT2D eigenvalue weighted by Gasteiger charge is 2.02. The van der Waals surface area contributed by atoms with E-state index in [1.54, 1.807) is 24.3 Å². The normalized spacial score (nSPS) is 10.6. The van der Waals surface area contributed by atoms with E-state index in [1.807, 2.05) is 32.0 Å². The summed E-state index contributed by atoms with van der Waals surface area (Å²) in [5.41, 5.74) is 4.96. The molecule has 0 aliphatic rings. The average Bonchev–Trinajstić information content (AvgIpc) is 2.49. The molecule has 0 fully saturated rings. The van der Waals surface area contributed by atoms with Crippen LogP contribution in [0.15, 0.2) is 47.6 Å². The molecule has 0 aromatic heterocycles. The number of benzene rings is 2. The molecule has 0 spiro atoms. The number of phenols is 1. The number of nitrogens with one attached hydrogen (secondary N) is 1. The zero-order valence-electron chi connectivity index (χ0n) is 12.5. The quantitative estimate of drug-likeness (QED) is 0.658. The van der Waals surface area contributed by atoms with E-state index in [4.69, 9.17) is 4.74 Å². The minimum Gasteiger partial charge on any atom is -0.507 e. The van der Waals surface area contributed by atoms with Gasteiger partial charge in [-0.1, -0.05) is 23.8 Å². The molecule has 0 atom stereocenters. The van der Waals surface area contributed by atoms with Crippen molar-refractivity contribution in [2.45, 2.75) is 13.8 Å². The third-order valence-electron chi connectivity index (χ3n) is 2.97. The van der Waals surface area contributed by atoms with Gasteiger partial charge in [-0.25, -0.2) is 5.43 Å². The number of hydrogen-bond acceptors (Lipinski definition) is 4. The van der Waals surface area contributed by atoms with Crippen molar-refractivity contribution < 1.29 is 14.6 Å². The average molecular weight is 298 g/mol. The molecule has 0 unspecified atom stereocenters. The van der Waals surface area contributed by atoms with Crippen LogP contribution in [-0.2, 0) is 4.79 Å². The number of rotatable bonds is 5. The molecule has 0 aliphatic heterocycles. The summed E-state index contributed by atoms with van der Waals surface area (Å²) in [6.45, 7) is 3.73. The van der Waals surface area contributed by atoms with E-state index in [0.29, 0.717) is 11.3 Å². The summed E-state index contributed by atoms with van der Waals surface area (Å²) in [7, 11) is 0. The van der Waals surface area contributed by atoms with Gasteiger partial charge in [0.2, 0.25) is 0 Å². The van der Waals surface area contributed by atoms with Crippen LogP contribution in [0.2, 0.25) is 0 Å². The molecule has 114 valence electrons. The highest BCUT2D eigenvalue weighted by Crippen LogP contribution is 2.16. The number of ether oxygens (including phenoxy) is 1. The summed E-state index contributed by atoms with van der Waals surface area (Å²) in [5.74, 6) is 0.373. The molecule has 0 bridgehead atoms. The third kappa shape index (κ3) is 4.63. The monoisotopic (exact) mass is 298 g/mol. The Bertz CT molecular complexity index is 679.